The number of hydrogen-bond donors (Lipinski definition) is 0. The normalized spacial score (nSPS) is 17.1. The molecule has 1 saturated heterocycles. The number of carbonyl (C=O) groups excluding carboxylic acids is 1. The molecule has 2 aromatic carbocycles. The molecular formula is C25H24F3N3O2. The van der Waals surface area contributed by atoms with E-state index in [-0.39, 0.29) is 34.5 Å². The number of alkyl halides is 1. The van der Waals surface area contributed by atoms with Crippen LogP contribution in [0.5, 0.6) is 5.75 Å². The minimum Gasteiger partial charge on any atom is -0.462 e. The lowest BCUT2D eigenvalue weighted by molar-refractivity contribution is -0.0743. The molecule has 0 radical (unpaired) electrons. The van der Waals surface area contributed by atoms with E-state index in [1.807, 2.05) is 24.6 Å². The average molecular weight is 455 g/mol. The number of rotatable bonds is 5. The van der Waals surface area contributed by atoms with Crippen LogP contribution in [0.25, 0.3) is 11.3 Å². The maximum atomic E-state index is 13.5. The van der Waals surface area contributed by atoms with Crippen LogP contribution in [0.3, 0.4) is 0 Å². The highest BCUT2D eigenvalue weighted by molar-refractivity contribution is 5.97. The van der Waals surface area contributed by atoms with Gasteiger partial charge in [0.15, 0.2) is 0 Å². The number of nitrogens with zero attached hydrogens (tertiary/aromatic N) is 3. The van der Waals surface area contributed by atoms with Gasteiger partial charge in [-0.2, -0.15) is 5.10 Å². The molecule has 172 valence electrons. The summed E-state index contributed by atoms with van der Waals surface area (Å²) in [5.74, 6) is -1.20. The molecule has 3 aromatic rings. The topological polar surface area (TPSA) is 47.4 Å². The van der Waals surface area contributed by atoms with E-state index in [1.165, 1.54) is 24.3 Å². The van der Waals surface area contributed by atoms with Gasteiger partial charge in [-0.05, 0) is 68.7 Å². The first-order valence-corrected chi connectivity index (χ1v) is 10.9. The molecule has 0 bridgehead atoms. The van der Waals surface area contributed by atoms with Gasteiger partial charge in [0.05, 0.1) is 17.3 Å². The van der Waals surface area contributed by atoms with E-state index in [0.717, 1.165) is 41.4 Å². The highest BCUT2D eigenvalue weighted by Gasteiger charge is 2.55. The van der Waals surface area contributed by atoms with Gasteiger partial charge in [-0.1, -0.05) is 0 Å². The van der Waals surface area contributed by atoms with Gasteiger partial charge >= 0.3 is 0 Å². The van der Waals surface area contributed by atoms with Crippen LogP contribution in [-0.4, -0.2) is 40.5 Å². The second-order valence-corrected chi connectivity index (χ2v) is 9.19. The lowest BCUT2D eigenvalue weighted by Gasteiger charge is -2.59. The van der Waals surface area contributed by atoms with Crippen LogP contribution in [0.2, 0.25) is 0 Å². The summed E-state index contributed by atoms with van der Waals surface area (Å²) < 4.78 is 46.4. The van der Waals surface area contributed by atoms with E-state index < -0.39 is 12.7 Å². The fraction of sp³-hybridized carbons (Fsp3) is 0.360. The number of carbonyl (C=O) groups is 1. The molecule has 5 nitrogen and oxygen atoms in total. The Morgan fingerprint density at radius 2 is 1.79 bits per heavy atom. The van der Waals surface area contributed by atoms with Gasteiger partial charge in [0, 0.05) is 35.8 Å². The molecular weight excluding hydrogens is 431 g/mol. The molecule has 1 saturated carbocycles. The maximum absolute atomic E-state index is 13.5. The average Bonchev–Trinajstić information content (AvgIpc) is 3.07. The molecule has 2 fully saturated rings. The summed E-state index contributed by atoms with van der Waals surface area (Å²) in [4.78, 5) is 14.5. The Balaban J connectivity index is 1.24. The first-order chi connectivity index (χ1) is 15.8. The fourth-order valence-electron chi connectivity index (χ4n) is 5.20. The van der Waals surface area contributed by atoms with E-state index in [4.69, 9.17) is 9.84 Å². The van der Waals surface area contributed by atoms with Crippen molar-refractivity contribution in [1.82, 2.24) is 14.7 Å². The van der Waals surface area contributed by atoms with Crippen LogP contribution < -0.4 is 4.74 Å². The highest BCUT2D eigenvalue weighted by Crippen LogP contribution is 2.54. The summed E-state index contributed by atoms with van der Waals surface area (Å²) in [6, 6.07) is 10.5. The number of amides is 1. The summed E-state index contributed by atoms with van der Waals surface area (Å²) in [6.07, 6.45) is 1.80. The first kappa shape index (κ1) is 21.6. The summed E-state index contributed by atoms with van der Waals surface area (Å²) in [5, 5.41) is 4.78. The number of aromatic nitrogens is 2. The van der Waals surface area contributed by atoms with E-state index >= 15 is 0 Å². The van der Waals surface area contributed by atoms with E-state index in [2.05, 4.69) is 0 Å². The van der Waals surface area contributed by atoms with Crippen LogP contribution >= 0.6 is 0 Å². The molecule has 1 aliphatic heterocycles. The van der Waals surface area contributed by atoms with Gasteiger partial charge < -0.3 is 9.64 Å². The molecule has 2 heterocycles. The van der Waals surface area contributed by atoms with Gasteiger partial charge in [-0.15, -0.1) is 0 Å². The van der Waals surface area contributed by atoms with Crippen molar-refractivity contribution < 1.29 is 22.7 Å². The van der Waals surface area contributed by atoms with Gasteiger partial charge in [0.25, 0.3) is 5.91 Å². The standard InChI is InChI=1S/C25H24F3N3O2/c1-15-7-17(27)3-5-20(15)22-8-16(2)31(29-22)19-10-25(11-19)12-30(13-25)24(32)21-6-4-18(28)9-23(21)33-14-26/h3-9,19H,10-14H2,1-2H3. The summed E-state index contributed by atoms with van der Waals surface area (Å²) in [5.41, 5.74) is 3.84. The summed E-state index contributed by atoms with van der Waals surface area (Å²) >= 11 is 0. The summed E-state index contributed by atoms with van der Waals surface area (Å²) in [6.45, 7) is 3.95. The predicted octanol–water partition coefficient (Wildman–Crippen LogP) is 5.23. The van der Waals surface area contributed by atoms with Gasteiger partial charge in [-0.3, -0.25) is 9.48 Å². The lowest BCUT2D eigenvalue weighted by atomic mass is 9.60. The Kier molecular flexibility index (Phi) is 5.18. The van der Waals surface area contributed by atoms with Crippen molar-refractivity contribution in [3.8, 4) is 17.0 Å². The molecule has 1 aliphatic carbocycles. The predicted molar refractivity (Wildman–Crippen MR) is 117 cm³/mol. The van der Waals surface area contributed by atoms with E-state index in [1.54, 1.807) is 11.0 Å². The smallest absolute Gasteiger partial charge is 0.257 e. The lowest BCUT2D eigenvalue weighted by Crippen LogP contribution is -2.63. The quantitative estimate of drug-likeness (QED) is 0.530. The zero-order valence-electron chi connectivity index (χ0n) is 18.4. The number of likely N-dealkylation sites (tertiary alicyclic amines) is 1. The van der Waals surface area contributed by atoms with Crippen molar-refractivity contribution in [2.24, 2.45) is 5.41 Å². The number of aryl methyl sites for hydroxylation is 2. The largest absolute Gasteiger partial charge is 0.462 e. The van der Waals surface area contributed by atoms with Crippen LogP contribution in [0, 0.1) is 30.9 Å². The zero-order chi connectivity index (χ0) is 23.3. The maximum Gasteiger partial charge on any atom is 0.257 e. The molecule has 1 aromatic heterocycles. The van der Waals surface area contributed by atoms with Crippen LogP contribution in [0.15, 0.2) is 42.5 Å². The van der Waals surface area contributed by atoms with Crippen molar-refractivity contribution in [1.29, 1.82) is 0 Å². The first-order valence-electron chi connectivity index (χ1n) is 10.9. The molecule has 0 atom stereocenters. The fourth-order valence-corrected chi connectivity index (χ4v) is 5.20. The third-order valence-corrected chi connectivity index (χ3v) is 6.79. The summed E-state index contributed by atoms with van der Waals surface area (Å²) in [7, 11) is 0. The van der Waals surface area contributed by atoms with Crippen molar-refractivity contribution in [2.45, 2.75) is 32.7 Å². The number of hydrogen-bond acceptors (Lipinski definition) is 3. The Hall–Kier alpha value is -3.29. The minimum absolute atomic E-state index is 0.0474. The van der Waals surface area contributed by atoms with Crippen LogP contribution in [-0.2, 0) is 0 Å². The van der Waals surface area contributed by atoms with Crippen LogP contribution in [0.1, 0.15) is 40.5 Å². The highest BCUT2D eigenvalue weighted by atomic mass is 19.1. The molecule has 8 heteroatoms. The third kappa shape index (κ3) is 3.77. The number of benzene rings is 2. The SMILES string of the molecule is Cc1cc(F)ccc1-c1cc(C)n(C2CC3(C2)CN(C(=O)c2ccc(F)cc2OCF)C3)n1. The van der Waals surface area contributed by atoms with Crippen molar-refractivity contribution >= 4 is 5.91 Å². The van der Waals surface area contributed by atoms with Crippen LogP contribution in [0.4, 0.5) is 13.2 Å². The molecule has 1 amide bonds. The molecule has 33 heavy (non-hydrogen) atoms. The Bertz CT molecular complexity index is 1230. The van der Waals surface area contributed by atoms with Crippen molar-refractivity contribution in [3.63, 3.8) is 0 Å². The van der Waals surface area contributed by atoms with E-state index in [0.29, 0.717) is 13.1 Å². The van der Waals surface area contributed by atoms with Crippen molar-refractivity contribution in [2.75, 3.05) is 20.0 Å². The number of ether oxygens (including phenoxy) is 1. The second kappa shape index (κ2) is 7.93. The second-order valence-electron chi connectivity index (χ2n) is 9.19. The Morgan fingerprint density at radius 3 is 2.48 bits per heavy atom. The Labute approximate surface area is 189 Å². The van der Waals surface area contributed by atoms with E-state index in [9.17, 15) is 18.0 Å². The zero-order valence-corrected chi connectivity index (χ0v) is 18.4. The Morgan fingerprint density at radius 1 is 1.09 bits per heavy atom. The molecule has 5 rings (SSSR count). The molecule has 0 N–H and O–H groups in total. The van der Waals surface area contributed by atoms with Gasteiger partial charge in [0.2, 0.25) is 6.86 Å². The minimum atomic E-state index is -1.13. The third-order valence-electron chi connectivity index (χ3n) is 6.79. The van der Waals surface area contributed by atoms with Crippen molar-refractivity contribution in [3.05, 3.63) is 70.9 Å². The molecule has 1 spiro atoms. The molecule has 0 unspecified atom stereocenters. The molecule has 2 aliphatic rings. The monoisotopic (exact) mass is 455 g/mol. The van der Waals surface area contributed by atoms with Gasteiger partial charge in [-0.25, -0.2) is 13.2 Å². The van der Waals surface area contributed by atoms with Gasteiger partial charge in [0.1, 0.15) is 17.4 Å². The number of halogens is 3.